The largest absolute Gasteiger partial charge is 0.369 e. The summed E-state index contributed by atoms with van der Waals surface area (Å²) < 4.78 is 1.96. The van der Waals surface area contributed by atoms with Crippen LogP contribution >= 0.6 is 0 Å². The third kappa shape index (κ3) is 3.56. The highest BCUT2D eigenvalue weighted by molar-refractivity contribution is 5.77. The molecule has 21 heavy (non-hydrogen) atoms. The van der Waals surface area contributed by atoms with Crippen molar-refractivity contribution >= 4 is 11.7 Å². The first kappa shape index (κ1) is 15.8. The van der Waals surface area contributed by atoms with Crippen molar-refractivity contribution in [2.75, 3.05) is 18.0 Å². The maximum Gasteiger partial charge on any atom is 0.220 e. The number of amides is 1. The maximum absolute atomic E-state index is 11.3. The highest BCUT2D eigenvalue weighted by Crippen LogP contribution is 2.28. The van der Waals surface area contributed by atoms with Gasteiger partial charge in [0, 0.05) is 44.2 Å². The molecular weight excluding hydrogens is 266 g/mol. The SMILES string of the molecule is Cc1nn(C)c(N2CCC(C(N)=O)CC2)c1CNC(C)C. The van der Waals surface area contributed by atoms with E-state index in [1.807, 2.05) is 11.7 Å². The fourth-order valence-corrected chi connectivity index (χ4v) is 2.97. The Labute approximate surface area is 126 Å². The van der Waals surface area contributed by atoms with Crippen molar-refractivity contribution in [3.63, 3.8) is 0 Å². The molecule has 1 aromatic rings. The summed E-state index contributed by atoms with van der Waals surface area (Å²) in [6.45, 7) is 8.88. The van der Waals surface area contributed by atoms with E-state index in [4.69, 9.17) is 5.73 Å². The minimum absolute atomic E-state index is 0.0211. The summed E-state index contributed by atoms with van der Waals surface area (Å²) in [5, 5.41) is 8.03. The van der Waals surface area contributed by atoms with Crippen LogP contribution in [0.25, 0.3) is 0 Å². The second-order valence-corrected chi connectivity index (χ2v) is 6.21. The van der Waals surface area contributed by atoms with Crippen LogP contribution in [0.15, 0.2) is 0 Å². The van der Waals surface area contributed by atoms with Crippen LogP contribution in [0.4, 0.5) is 5.82 Å². The monoisotopic (exact) mass is 293 g/mol. The van der Waals surface area contributed by atoms with Crippen molar-refractivity contribution in [2.24, 2.45) is 18.7 Å². The first-order chi connectivity index (χ1) is 9.90. The molecule has 0 saturated carbocycles. The van der Waals surface area contributed by atoms with Gasteiger partial charge in [-0.15, -0.1) is 0 Å². The van der Waals surface area contributed by atoms with E-state index in [0.29, 0.717) is 6.04 Å². The number of rotatable bonds is 5. The van der Waals surface area contributed by atoms with Gasteiger partial charge in [0.2, 0.25) is 5.91 Å². The minimum Gasteiger partial charge on any atom is -0.369 e. The second-order valence-electron chi connectivity index (χ2n) is 6.21. The average Bonchev–Trinajstić information content (AvgIpc) is 2.70. The summed E-state index contributed by atoms with van der Waals surface area (Å²) in [7, 11) is 1.99. The third-order valence-corrected chi connectivity index (χ3v) is 4.20. The summed E-state index contributed by atoms with van der Waals surface area (Å²) in [6, 6.07) is 0.443. The van der Waals surface area contributed by atoms with Crippen molar-refractivity contribution in [2.45, 2.75) is 46.2 Å². The van der Waals surface area contributed by atoms with Crippen LogP contribution in [-0.2, 0) is 18.4 Å². The topological polar surface area (TPSA) is 76.2 Å². The third-order valence-electron chi connectivity index (χ3n) is 4.20. The molecule has 0 spiro atoms. The molecule has 0 unspecified atom stereocenters. The molecule has 1 fully saturated rings. The Kier molecular flexibility index (Phi) is 4.88. The lowest BCUT2D eigenvalue weighted by Crippen LogP contribution is -2.40. The Morgan fingerprint density at radius 1 is 1.43 bits per heavy atom. The number of nitrogens with two attached hydrogens (primary N) is 1. The lowest BCUT2D eigenvalue weighted by atomic mass is 9.96. The van der Waals surface area contributed by atoms with E-state index < -0.39 is 0 Å². The summed E-state index contributed by atoms with van der Waals surface area (Å²) in [5.41, 5.74) is 7.73. The van der Waals surface area contributed by atoms with Gasteiger partial charge < -0.3 is 16.0 Å². The van der Waals surface area contributed by atoms with E-state index in [9.17, 15) is 4.79 Å². The quantitative estimate of drug-likeness (QED) is 0.847. The highest BCUT2D eigenvalue weighted by Gasteiger charge is 2.27. The van der Waals surface area contributed by atoms with E-state index in [-0.39, 0.29) is 11.8 Å². The van der Waals surface area contributed by atoms with Gasteiger partial charge in [-0.05, 0) is 19.8 Å². The van der Waals surface area contributed by atoms with Gasteiger partial charge in [0.15, 0.2) is 0 Å². The molecule has 1 amide bonds. The normalized spacial score (nSPS) is 16.7. The van der Waals surface area contributed by atoms with Gasteiger partial charge in [-0.25, -0.2) is 0 Å². The highest BCUT2D eigenvalue weighted by atomic mass is 16.1. The molecule has 0 radical (unpaired) electrons. The molecule has 0 aliphatic carbocycles. The molecule has 1 aliphatic rings. The van der Waals surface area contributed by atoms with Gasteiger partial charge in [-0.2, -0.15) is 5.10 Å². The van der Waals surface area contributed by atoms with E-state index >= 15 is 0 Å². The molecule has 0 atom stereocenters. The lowest BCUT2D eigenvalue weighted by Gasteiger charge is -2.33. The Hall–Kier alpha value is -1.56. The molecule has 1 aliphatic heterocycles. The number of carbonyl (C=O) groups excluding carboxylic acids is 1. The van der Waals surface area contributed by atoms with Crippen molar-refractivity contribution in [1.29, 1.82) is 0 Å². The first-order valence-electron chi connectivity index (χ1n) is 7.70. The fraction of sp³-hybridized carbons (Fsp3) is 0.733. The van der Waals surface area contributed by atoms with Gasteiger partial charge in [-0.3, -0.25) is 9.48 Å². The zero-order valence-electron chi connectivity index (χ0n) is 13.5. The number of hydrogen-bond acceptors (Lipinski definition) is 4. The standard InChI is InChI=1S/C15H27N5O/c1-10(2)17-9-13-11(3)18-19(4)15(13)20-7-5-12(6-8-20)14(16)21/h10,12,17H,5-9H2,1-4H3,(H2,16,21). The molecule has 0 aromatic carbocycles. The molecule has 1 aromatic heterocycles. The number of aryl methyl sites for hydroxylation is 2. The number of primary amides is 1. The molecule has 2 rings (SSSR count). The summed E-state index contributed by atoms with van der Waals surface area (Å²) in [5.74, 6) is 1.02. The average molecular weight is 293 g/mol. The molecule has 3 N–H and O–H groups in total. The van der Waals surface area contributed by atoms with E-state index in [1.165, 1.54) is 11.4 Å². The number of aromatic nitrogens is 2. The predicted octanol–water partition coefficient (Wildman–Crippen LogP) is 0.928. The zero-order valence-corrected chi connectivity index (χ0v) is 13.5. The van der Waals surface area contributed by atoms with Crippen LogP contribution < -0.4 is 16.0 Å². The Balaban J connectivity index is 2.14. The van der Waals surface area contributed by atoms with Crippen LogP contribution in [0.3, 0.4) is 0 Å². The smallest absolute Gasteiger partial charge is 0.220 e. The number of carbonyl (C=O) groups is 1. The van der Waals surface area contributed by atoms with Crippen molar-refractivity contribution in [3.8, 4) is 0 Å². The maximum atomic E-state index is 11.3. The van der Waals surface area contributed by atoms with E-state index in [1.54, 1.807) is 0 Å². The van der Waals surface area contributed by atoms with Gasteiger partial charge in [0.1, 0.15) is 5.82 Å². The molecule has 6 heteroatoms. The van der Waals surface area contributed by atoms with Crippen molar-refractivity contribution < 1.29 is 4.79 Å². The Morgan fingerprint density at radius 2 is 2.05 bits per heavy atom. The summed E-state index contributed by atoms with van der Waals surface area (Å²) in [6.07, 6.45) is 1.66. The van der Waals surface area contributed by atoms with Crippen LogP contribution in [0, 0.1) is 12.8 Å². The number of nitrogens with one attached hydrogen (secondary N) is 1. The number of nitrogens with zero attached hydrogens (tertiary/aromatic N) is 3. The molecule has 0 bridgehead atoms. The van der Waals surface area contributed by atoms with Gasteiger partial charge in [-0.1, -0.05) is 13.8 Å². The van der Waals surface area contributed by atoms with Crippen LogP contribution in [0.5, 0.6) is 0 Å². The molecule has 1 saturated heterocycles. The minimum atomic E-state index is -0.169. The Morgan fingerprint density at radius 3 is 2.57 bits per heavy atom. The van der Waals surface area contributed by atoms with Crippen LogP contribution in [-0.4, -0.2) is 34.8 Å². The molecule has 118 valence electrons. The molecule has 2 heterocycles. The second kappa shape index (κ2) is 6.47. The zero-order chi connectivity index (χ0) is 15.6. The van der Waals surface area contributed by atoms with Crippen LogP contribution in [0.1, 0.15) is 37.9 Å². The van der Waals surface area contributed by atoms with E-state index in [0.717, 1.165) is 38.2 Å². The lowest BCUT2D eigenvalue weighted by molar-refractivity contribution is -0.122. The van der Waals surface area contributed by atoms with Crippen molar-refractivity contribution in [1.82, 2.24) is 15.1 Å². The summed E-state index contributed by atoms with van der Waals surface area (Å²) >= 11 is 0. The van der Waals surface area contributed by atoms with E-state index in [2.05, 4.69) is 36.1 Å². The summed E-state index contributed by atoms with van der Waals surface area (Å²) in [4.78, 5) is 13.6. The number of anilines is 1. The first-order valence-corrected chi connectivity index (χ1v) is 7.70. The van der Waals surface area contributed by atoms with Gasteiger partial charge in [0.25, 0.3) is 0 Å². The number of hydrogen-bond donors (Lipinski definition) is 2. The molecular formula is C15H27N5O. The number of piperidine rings is 1. The van der Waals surface area contributed by atoms with Crippen LogP contribution in [0.2, 0.25) is 0 Å². The fourth-order valence-electron chi connectivity index (χ4n) is 2.97. The predicted molar refractivity (Wildman–Crippen MR) is 84.1 cm³/mol. The Bertz CT molecular complexity index is 500. The van der Waals surface area contributed by atoms with Gasteiger partial charge >= 0.3 is 0 Å². The van der Waals surface area contributed by atoms with Crippen molar-refractivity contribution in [3.05, 3.63) is 11.3 Å². The molecule has 6 nitrogen and oxygen atoms in total. The van der Waals surface area contributed by atoms with Gasteiger partial charge in [0.05, 0.1) is 5.69 Å².